The summed E-state index contributed by atoms with van der Waals surface area (Å²) in [7, 11) is -0.976. The lowest BCUT2D eigenvalue weighted by Gasteiger charge is -2.26. The molecule has 0 N–H and O–H groups in total. The number of benzene rings is 2. The van der Waals surface area contributed by atoms with Crippen LogP contribution in [0.4, 0.5) is 8.78 Å². The Kier molecular flexibility index (Phi) is 10.9. The van der Waals surface area contributed by atoms with Gasteiger partial charge in [-0.25, -0.2) is 8.42 Å². The highest BCUT2D eigenvalue weighted by molar-refractivity contribution is 7.89. The molecule has 2 aromatic carbocycles. The number of amides is 1. The summed E-state index contributed by atoms with van der Waals surface area (Å²) in [5, 5.41) is 0.422. The summed E-state index contributed by atoms with van der Waals surface area (Å²) in [5.74, 6) is -0.928. The summed E-state index contributed by atoms with van der Waals surface area (Å²) >= 11 is 12.8. The minimum atomic E-state index is -4.15. The van der Waals surface area contributed by atoms with Crippen LogP contribution in [0.1, 0.15) is 53.3 Å². The second kappa shape index (κ2) is 14.7. The molecule has 0 unspecified atom stereocenters. The van der Waals surface area contributed by atoms with Gasteiger partial charge in [-0.05, 0) is 79.1 Å². The molecule has 2 aliphatic rings. The van der Waals surface area contributed by atoms with E-state index in [2.05, 4.69) is 9.72 Å². The Morgan fingerprint density at radius 3 is 2.32 bits per heavy atom. The lowest BCUT2D eigenvalue weighted by Crippen LogP contribution is -2.41. The lowest BCUT2D eigenvalue weighted by molar-refractivity contribution is -0.153. The van der Waals surface area contributed by atoms with Crippen molar-refractivity contribution in [3.63, 3.8) is 0 Å². The SMILES string of the molecule is CN(C)C(=O)c1ccc(S(=O)(=O)N2CCC[C@H]2C(=O)O[C@@H](Cc2c(Cl)cncc2Cl)c2ccc(OC(F)F)c(OCC3CC3)c2)cc1. The molecule has 0 bridgehead atoms. The number of pyridine rings is 1. The van der Waals surface area contributed by atoms with Crippen LogP contribution in [0, 0.1) is 5.92 Å². The van der Waals surface area contributed by atoms with Gasteiger partial charge >= 0.3 is 12.6 Å². The number of rotatable bonds is 13. The van der Waals surface area contributed by atoms with Gasteiger partial charge in [0.25, 0.3) is 5.91 Å². The first-order valence-corrected chi connectivity index (χ1v) is 17.1. The molecule has 47 heavy (non-hydrogen) atoms. The molecular weight excluding hydrogens is 679 g/mol. The van der Waals surface area contributed by atoms with Crippen LogP contribution in [0.15, 0.2) is 59.8 Å². The molecule has 0 spiro atoms. The topological polar surface area (TPSA) is 115 Å². The highest BCUT2D eigenvalue weighted by Crippen LogP contribution is 2.38. The number of halogens is 4. The Morgan fingerprint density at radius 2 is 1.70 bits per heavy atom. The van der Waals surface area contributed by atoms with Crippen LogP contribution in [-0.4, -0.2) is 74.4 Å². The van der Waals surface area contributed by atoms with Gasteiger partial charge in [0, 0.05) is 45.0 Å². The molecule has 1 aliphatic carbocycles. The average molecular weight is 713 g/mol. The Balaban J connectivity index is 1.44. The minimum absolute atomic E-state index is 0.0378. The summed E-state index contributed by atoms with van der Waals surface area (Å²) in [6.07, 6.45) is 4.18. The Hall–Kier alpha value is -3.52. The number of hydrogen-bond donors (Lipinski definition) is 0. The normalized spacial score (nSPS) is 17.4. The van der Waals surface area contributed by atoms with Gasteiger partial charge in [0.1, 0.15) is 12.1 Å². The van der Waals surface area contributed by atoms with Gasteiger partial charge in [-0.1, -0.05) is 29.3 Å². The zero-order valence-corrected chi connectivity index (χ0v) is 27.9. The summed E-state index contributed by atoms with van der Waals surface area (Å²) in [5.41, 5.74) is 1.09. The van der Waals surface area contributed by atoms with E-state index in [0.717, 1.165) is 17.1 Å². The zero-order valence-electron chi connectivity index (χ0n) is 25.6. The van der Waals surface area contributed by atoms with Gasteiger partial charge in [-0.2, -0.15) is 13.1 Å². The van der Waals surface area contributed by atoms with Crippen molar-refractivity contribution in [2.45, 2.75) is 55.8 Å². The Labute approximate surface area is 281 Å². The number of carbonyl (C=O) groups is 2. The molecule has 10 nitrogen and oxygen atoms in total. The standard InChI is InChI=1S/C32H33Cl2F2N3O7S/c1-38(2)30(40)20-7-10-22(11-8-20)47(42,43)39-13-3-4-26(39)31(41)45-28(15-23-24(33)16-37-17-25(23)34)21-9-12-27(46-32(35)36)29(14-21)44-18-19-5-6-19/h7-12,14,16-17,19,26,28,32H,3-6,13,15,18H2,1-2H3/t26-,28-/m0/s1. The lowest BCUT2D eigenvalue weighted by atomic mass is 10.0. The fraction of sp³-hybridized carbons (Fsp3) is 0.406. The third-order valence-electron chi connectivity index (χ3n) is 7.92. The van der Waals surface area contributed by atoms with Crippen molar-refractivity contribution in [1.82, 2.24) is 14.2 Å². The molecule has 3 aromatic rings. The minimum Gasteiger partial charge on any atom is -0.489 e. The summed E-state index contributed by atoms with van der Waals surface area (Å²) < 4.78 is 71.3. The molecule has 1 aromatic heterocycles. The number of carbonyl (C=O) groups excluding carboxylic acids is 2. The zero-order chi connectivity index (χ0) is 33.9. The largest absolute Gasteiger partial charge is 0.489 e. The molecule has 252 valence electrons. The van der Waals surface area contributed by atoms with Gasteiger partial charge < -0.3 is 19.1 Å². The monoisotopic (exact) mass is 711 g/mol. The van der Waals surface area contributed by atoms with Crippen molar-refractivity contribution in [2.75, 3.05) is 27.2 Å². The van der Waals surface area contributed by atoms with E-state index < -0.39 is 34.7 Å². The predicted molar refractivity (Wildman–Crippen MR) is 169 cm³/mol. The number of ether oxygens (including phenoxy) is 3. The first-order valence-electron chi connectivity index (χ1n) is 14.9. The number of esters is 1. The second-order valence-electron chi connectivity index (χ2n) is 11.5. The van der Waals surface area contributed by atoms with Crippen LogP contribution in [-0.2, 0) is 26.0 Å². The molecule has 15 heteroatoms. The third kappa shape index (κ3) is 8.32. The van der Waals surface area contributed by atoms with Crippen molar-refractivity contribution in [1.29, 1.82) is 0 Å². The van der Waals surface area contributed by atoms with Crippen LogP contribution in [0.2, 0.25) is 10.0 Å². The van der Waals surface area contributed by atoms with Gasteiger partial charge in [0.05, 0.1) is 21.5 Å². The molecule has 1 aliphatic heterocycles. The quantitative estimate of drug-likeness (QED) is 0.194. The van der Waals surface area contributed by atoms with Crippen molar-refractivity contribution in [2.24, 2.45) is 5.92 Å². The van der Waals surface area contributed by atoms with Crippen molar-refractivity contribution < 1.29 is 41.0 Å². The summed E-state index contributed by atoms with van der Waals surface area (Å²) in [6, 6.07) is 8.56. The van der Waals surface area contributed by atoms with E-state index in [-0.39, 0.29) is 51.7 Å². The predicted octanol–water partition coefficient (Wildman–Crippen LogP) is 6.16. The van der Waals surface area contributed by atoms with E-state index in [1.807, 2.05) is 0 Å². The third-order valence-corrected chi connectivity index (χ3v) is 10.5. The van der Waals surface area contributed by atoms with Gasteiger partial charge in [-0.3, -0.25) is 14.6 Å². The molecule has 0 radical (unpaired) electrons. The van der Waals surface area contributed by atoms with E-state index in [1.165, 1.54) is 59.8 Å². The van der Waals surface area contributed by atoms with E-state index >= 15 is 0 Å². The molecule has 2 heterocycles. The maximum absolute atomic E-state index is 13.8. The number of sulfonamides is 1. The molecule has 2 atom stereocenters. The fourth-order valence-corrected chi connectivity index (χ4v) is 7.38. The first kappa shape index (κ1) is 34.8. The average Bonchev–Trinajstić information content (AvgIpc) is 3.72. The highest BCUT2D eigenvalue weighted by Gasteiger charge is 2.41. The molecule has 5 rings (SSSR count). The smallest absolute Gasteiger partial charge is 0.387 e. The van der Waals surface area contributed by atoms with E-state index in [1.54, 1.807) is 14.1 Å². The number of hydrogen-bond acceptors (Lipinski definition) is 8. The van der Waals surface area contributed by atoms with Crippen molar-refractivity contribution in [3.05, 3.63) is 81.6 Å². The maximum atomic E-state index is 13.8. The number of nitrogens with zero attached hydrogens (tertiary/aromatic N) is 3. The first-order chi connectivity index (χ1) is 22.3. The van der Waals surface area contributed by atoms with E-state index in [9.17, 15) is 26.8 Å². The second-order valence-corrected chi connectivity index (χ2v) is 14.3. The number of aromatic nitrogens is 1. The van der Waals surface area contributed by atoms with E-state index in [0.29, 0.717) is 35.6 Å². The molecule has 2 fully saturated rings. The van der Waals surface area contributed by atoms with Crippen LogP contribution < -0.4 is 9.47 Å². The summed E-state index contributed by atoms with van der Waals surface area (Å²) in [6.45, 7) is -2.71. The molecular formula is C32H33Cl2F2N3O7S. The molecule has 1 amide bonds. The highest BCUT2D eigenvalue weighted by atomic mass is 35.5. The van der Waals surface area contributed by atoms with Crippen LogP contribution in [0.5, 0.6) is 11.5 Å². The Morgan fingerprint density at radius 1 is 1.02 bits per heavy atom. The Bertz CT molecular complexity index is 1700. The van der Waals surface area contributed by atoms with Crippen LogP contribution >= 0.6 is 23.2 Å². The van der Waals surface area contributed by atoms with Gasteiger partial charge in [0.2, 0.25) is 10.0 Å². The van der Waals surface area contributed by atoms with E-state index in [4.69, 9.17) is 32.7 Å². The van der Waals surface area contributed by atoms with Gasteiger partial charge in [-0.15, -0.1) is 0 Å². The fourth-order valence-electron chi connectivity index (χ4n) is 5.21. The van der Waals surface area contributed by atoms with Gasteiger partial charge in [0.15, 0.2) is 11.5 Å². The van der Waals surface area contributed by atoms with Crippen LogP contribution in [0.25, 0.3) is 0 Å². The number of alkyl halides is 2. The maximum Gasteiger partial charge on any atom is 0.387 e. The van der Waals surface area contributed by atoms with Crippen LogP contribution in [0.3, 0.4) is 0 Å². The molecule has 1 saturated carbocycles. The van der Waals surface area contributed by atoms with Crippen molar-refractivity contribution >= 4 is 45.1 Å². The molecule has 1 saturated heterocycles. The summed E-state index contributed by atoms with van der Waals surface area (Å²) in [4.78, 5) is 31.4. The van der Waals surface area contributed by atoms with Crippen molar-refractivity contribution in [3.8, 4) is 11.5 Å².